The Morgan fingerprint density at radius 1 is 0.891 bits per heavy atom. The van der Waals surface area contributed by atoms with Crippen LogP contribution in [-0.2, 0) is 25.5 Å². The zero-order valence-electron chi connectivity index (χ0n) is 27.3. The van der Waals surface area contributed by atoms with Gasteiger partial charge in [0.25, 0.3) is 5.91 Å². The second kappa shape index (κ2) is 12.7. The zero-order valence-corrected chi connectivity index (χ0v) is 27.3. The van der Waals surface area contributed by atoms with Crippen LogP contribution in [0.3, 0.4) is 0 Å². The molecule has 1 unspecified atom stereocenters. The first-order valence-corrected chi connectivity index (χ1v) is 16.7. The molecule has 2 saturated heterocycles. The zero-order chi connectivity index (χ0) is 32.6. The van der Waals surface area contributed by atoms with Gasteiger partial charge in [0.05, 0.1) is 30.1 Å². The number of ether oxygens (including phenoxy) is 1. The van der Waals surface area contributed by atoms with Crippen LogP contribution in [-0.4, -0.2) is 95.2 Å². The van der Waals surface area contributed by atoms with Crippen molar-refractivity contribution in [2.45, 2.75) is 63.8 Å². The van der Waals surface area contributed by atoms with Crippen molar-refractivity contribution in [3.63, 3.8) is 0 Å². The van der Waals surface area contributed by atoms with E-state index in [1.165, 1.54) is 0 Å². The van der Waals surface area contributed by atoms with Crippen molar-refractivity contribution in [2.24, 2.45) is 11.8 Å². The molecule has 0 aliphatic carbocycles. The largest absolute Gasteiger partial charge is 0.394 e. The van der Waals surface area contributed by atoms with E-state index in [2.05, 4.69) is 18.7 Å². The van der Waals surface area contributed by atoms with Gasteiger partial charge in [-0.05, 0) is 63.4 Å². The molecular weight excluding hydrogens is 580 g/mol. The topological polar surface area (TPSA) is 93.6 Å². The number of anilines is 2. The summed E-state index contributed by atoms with van der Waals surface area (Å²) in [5, 5.41) is 10.8. The monoisotopic (exact) mass is 626 g/mol. The second-order valence-corrected chi connectivity index (χ2v) is 13.0. The molecule has 9 heteroatoms. The maximum Gasteiger partial charge on any atom is 0.253 e. The summed E-state index contributed by atoms with van der Waals surface area (Å²) in [6.45, 7) is 10.8. The summed E-state index contributed by atoms with van der Waals surface area (Å²) >= 11 is 0. The molecule has 4 heterocycles. The van der Waals surface area contributed by atoms with Crippen molar-refractivity contribution in [3.05, 3.63) is 84.5 Å². The van der Waals surface area contributed by atoms with Gasteiger partial charge in [0.1, 0.15) is 11.6 Å². The lowest BCUT2D eigenvalue weighted by atomic mass is 9.74. The molecule has 0 bridgehead atoms. The number of fused-ring (bicyclic) bond motifs is 2. The molecule has 46 heavy (non-hydrogen) atoms. The lowest BCUT2D eigenvalue weighted by Gasteiger charge is -2.40. The Balaban J connectivity index is 1.46. The molecule has 0 aromatic heterocycles. The summed E-state index contributed by atoms with van der Waals surface area (Å²) in [4.78, 5) is 51.4. The molecule has 6 atom stereocenters. The lowest BCUT2D eigenvalue weighted by Crippen LogP contribution is -2.59. The van der Waals surface area contributed by atoms with E-state index in [-0.39, 0.29) is 30.9 Å². The molecule has 2 aromatic rings. The average Bonchev–Trinajstić information content (AvgIpc) is 3.34. The number of likely N-dealkylation sites (tertiary alicyclic amines) is 1. The molecule has 6 rings (SSSR count). The maximum absolute atomic E-state index is 15.0. The molecule has 9 nitrogen and oxygen atoms in total. The van der Waals surface area contributed by atoms with E-state index < -0.39 is 35.1 Å². The Morgan fingerprint density at radius 2 is 1.59 bits per heavy atom. The van der Waals surface area contributed by atoms with Crippen LogP contribution in [0, 0.1) is 11.8 Å². The van der Waals surface area contributed by atoms with E-state index in [1.54, 1.807) is 14.7 Å². The van der Waals surface area contributed by atoms with E-state index in [1.807, 2.05) is 92.7 Å². The summed E-state index contributed by atoms with van der Waals surface area (Å²) < 4.78 is 6.99. The SMILES string of the molecule is CCCN1CC=C[C@]2(C)O[C@]34C=CCN(c5ccc(N(CC)CC)cc5)C(=O)C3N([C@@H](CO)Cc3ccccc3)C(=O)[C@@H]4[C@@H]2C1=O. The second-order valence-electron chi connectivity index (χ2n) is 13.0. The third kappa shape index (κ3) is 5.14. The summed E-state index contributed by atoms with van der Waals surface area (Å²) in [5.74, 6) is -2.49. The van der Waals surface area contributed by atoms with Crippen molar-refractivity contribution < 1.29 is 24.2 Å². The van der Waals surface area contributed by atoms with Crippen LogP contribution in [0.25, 0.3) is 0 Å². The first-order valence-electron chi connectivity index (χ1n) is 16.7. The molecule has 0 radical (unpaired) electrons. The number of hydrogen-bond acceptors (Lipinski definition) is 6. The van der Waals surface area contributed by atoms with E-state index >= 15 is 0 Å². The third-order valence-corrected chi connectivity index (χ3v) is 10.3. The lowest BCUT2D eigenvalue weighted by molar-refractivity contribution is -0.151. The molecule has 0 saturated carbocycles. The van der Waals surface area contributed by atoms with Crippen molar-refractivity contribution in [3.8, 4) is 0 Å². The molecule has 3 amide bonds. The number of benzene rings is 2. The fraction of sp³-hybridized carbons (Fsp3) is 0.486. The van der Waals surface area contributed by atoms with Gasteiger partial charge in [0.2, 0.25) is 11.8 Å². The Bertz CT molecular complexity index is 1510. The quantitative estimate of drug-likeness (QED) is 0.404. The summed E-state index contributed by atoms with van der Waals surface area (Å²) in [6, 6.07) is 15.8. The predicted molar refractivity (Wildman–Crippen MR) is 178 cm³/mol. The van der Waals surface area contributed by atoms with Gasteiger partial charge < -0.3 is 29.4 Å². The maximum atomic E-state index is 15.0. The first-order chi connectivity index (χ1) is 22.2. The van der Waals surface area contributed by atoms with Gasteiger partial charge >= 0.3 is 0 Å². The highest BCUT2D eigenvalue weighted by Gasteiger charge is 2.75. The fourth-order valence-corrected chi connectivity index (χ4v) is 8.18. The van der Waals surface area contributed by atoms with Gasteiger partial charge in [-0.2, -0.15) is 0 Å². The molecule has 4 aliphatic heterocycles. The standard InChI is InChI=1S/C37H46N4O5/c1-5-21-39-22-11-19-36(4)30(33(39)43)31-34(44)41(29(25-42)24-26-13-9-8-10-14-26)32-35(45)40(23-12-20-37(31,32)46-36)28-17-15-27(16-18-28)38(6-2)7-3/h8-20,29-32,42H,5-7,21-25H2,1-4H3/t29-,30-,31+,32?,36+,37+/m1/s1. The minimum Gasteiger partial charge on any atom is -0.394 e. The van der Waals surface area contributed by atoms with Gasteiger partial charge in [-0.15, -0.1) is 0 Å². The molecular formula is C37H46N4O5. The number of rotatable bonds is 10. The summed E-state index contributed by atoms with van der Waals surface area (Å²) in [7, 11) is 0. The molecule has 2 aromatic carbocycles. The van der Waals surface area contributed by atoms with Crippen molar-refractivity contribution >= 4 is 29.1 Å². The van der Waals surface area contributed by atoms with Crippen LogP contribution in [0.15, 0.2) is 78.9 Å². The Labute approximate surface area is 272 Å². The van der Waals surface area contributed by atoms with Crippen molar-refractivity contribution in [2.75, 3.05) is 49.1 Å². The Morgan fingerprint density at radius 3 is 2.24 bits per heavy atom. The molecule has 2 fully saturated rings. The van der Waals surface area contributed by atoms with Gasteiger partial charge in [0.15, 0.2) is 0 Å². The highest BCUT2D eigenvalue weighted by Crippen LogP contribution is 2.58. The van der Waals surface area contributed by atoms with Crippen LogP contribution < -0.4 is 9.80 Å². The minimum atomic E-state index is -1.39. The van der Waals surface area contributed by atoms with Crippen LogP contribution in [0.5, 0.6) is 0 Å². The van der Waals surface area contributed by atoms with E-state index in [0.29, 0.717) is 25.2 Å². The number of aliphatic hydroxyl groups is 1. The number of carbonyl (C=O) groups is 3. The minimum absolute atomic E-state index is 0.136. The highest BCUT2D eigenvalue weighted by atomic mass is 16.5. The number of aliphatic hydroxyl groups excluding tert-OH is 1. The smallest absolute Gasteiger partial charge is 0.253 e. The first kappa shape index (κ1) is 32.0. The van der Waals surface area contributed by atoms with Crippen LogP contribution in [0.4, 0.5) is 11.4 Å². The van der Waals surface area contributed by atoms with Crippen LogP contribution in [0.2, 0.25) is 0 Å². The third-order valence-electron chi connectivity index (χ3n) is 10.3. The van der Waals surface area contributed by atoms with Gasteiger partial charge in [-0.1, -0.05) is 61.6 Å². The van der Waals surface area contributed by atoms with Gasteiger partial charge in [-0.3, -0.25) is 14.4 Å². The van der Waals surface area contributed by atoms with E-state index in [4.69, 9.17) is 4.74 Å². The predicted octanol–water partition coefficient (Wildman–Crippen LogP) is 3.82. The molecule has 1 spiro atoms. The Kier molecular flexibility index (Phi) is 8.83. The fourth-order valence-electron chi connectivity index (χ4n) is 8.18. The summed E-state index contributed by atoms with van der Waals surface area (Å²) in [6.07, 6.45) is 8.76. The number of amides is 3. The van der Waals surface area contributed by atoms with E-state index in [0.717, 1.165) is 30.8 Å². The van der Waals surface area contributed by atoms with Gasteiger partial charge in [-0.25, -0.2) is 0 Å². The summed E-state index contributed by atoms with van der Waals surface area (Å²) in [5.41, 5.74) is 0.254. The van der Waals surface area contributed by atoms with Crippen LogP contribution in [0.1, 0.15) is 39.7 Å². The van der Waals surface area contributed by atoms with E-state index in [9.17, 15) is 19.5 Å². The van der Waals surface area contributed by atoms with Crippen LogP contribution >= 0.6 is 0 Å². The number of nitrogens with zero attached hydrogens (tertiary/aromatic N) is 4. The molecule has 244 valence electrons. The van der Waals surface area contributed by atoms with Crippen molar-refractivity contribution in [1.82, 2.24) is 9.80 Å². The number of hydrogen-bond donors (Lipinski definition) is 1. The van der Waals surface area contributed by atoms with Crippen molar-refractivity contribution in [1.29, 1.82) is 0 Å². The highest BCUT2D eigenvalue weighted by molar-refractivity contribution is 6.06. The molecule has 1 N–H and O–H groups in total. The molecule has 4 aliphatic rings. The average molecular weight is 627 g/mol. The van der Waals surface area contributed by atoms with Gasteiger partial charge in [0, 0.05) is 44.1 Å². The Hall–Kier alpha value is -3.95. The number of carbonyl (C=O) groups excluding carboxylic acids is 3. The normalized spacial score (nSPS) is 29.4.